The Kier molecular flexibility index (Phi) is 6.17. The van der Waals surface area contributed by atoms with Crippen molar-refractivity contribution in [2.45, 2.75) is 13.0 Å². The van der Waals surface area contributed by atoms with Crippen molar-refractivity contribution < 1.29 is 33.0 Å². The van der Waals surface area contributed by atoms with E-state index in [0.717, 1.165) is 0 Å². The SMILES string of the molecule is COc1c2c(c(Br)c([C@@H]3ON=C(C(=O)N/N=C\c4ccc(F)cc4)[C@@H]3C)c1OC)OCO2. The summed E-state index contributed by atoms with van der Waals surface area (Å²) in [5.74, 6) is 0.273. The molecule has 2 aliphatic rings. The lowest BCUT2D eigenvalue weighted by Gasteiger charge is -2.22. The molecule has 1 amide bonds. The van der Waals surface area contributed by atoms with Gasteiger partial charge in [0.05, 0.1) is 36.4 Å². The molecule has 0 saturated heterocycles. The van der Waals surface area contributed by atoms with Gasteiger partial charge in [0, 0.05) is 0 Å². The largest absolute Gasteiger partial charge is 0.492 e. The first-order chi connectivity index (χ1) is 15.5. The molecule has 0 unspecified atom stereocenters. The zero-order chi connectivity index (χ0) is 22.8. The number of fused-ring (bicyclic) bond motifs is 1. The number of oxime groups is 1. The van der Waals surface area contributed by atoms with Crippen molar-refractivity contribution in [1.29, 1.82) is 0 Å². The number of halogens is 2. The molecule has 0 saturated carbocycles. The summed E-state index contributed by atoms with van der Waals surface area (Å²) in [6.07, 6.45) is 0.739. The van der Waals surface area contributed by atoms with Crippen LogP contribution in [0.1, 0.15) is 24.2 Å². The molecular formula is C21H19BrFN3O6. The van der Waals surface area contributed by atoms with Gasteiger partial charge in [-0.05, 0) is 33.6 Å². The highest BCUT2D eigenvalue weighted by Gasteiger charge is 2.42. The molecular weight excluding hydrogens is 489 g/mol. The van der Waals surface area contributed by atoms with Crippen LogP contribution < -0.4 is 24.4 Å². The Balaban J connectivity index is 1.55. The van der Waals surface area contributed by atoms with Crippen LogP contribution in [0.15, 0.2) is 39.0 Å². The van der Waals surface area contributed by atoms with Crippen molar-refractivity contribution in [2.24, 2.45) is 16.2 Å². The Bertz CT molecular complexity index is 1110. The van der Waals surface area contributed by atoms with Crippen LogP contribution in [0.3, 0.4) is 0 Å². The highest BCUT2D eigenvalue weighted by atomic mass is 79.9. The Morgan fingerprint density at radius 2 is 1.91 bits per heavy atom. The molecule has 2 aliphatic heterocycles. The monoisotopic (exact) mass is 507 g/mol. The standard InChI is InChI=1S/C21H19BrFN3O6/c1-10-15(21(27)25-24-8-11-4-6-12(23)7-5-11)26-32-16(10)13-14(22)18-20(31-9-30-18)19(29-3)17(13)28-2/h4-8,10,16H,9H2,1-3H3,(H,25,27)/b24-8-/t10-,16+/m0/s1. The van der Waals surface area contributed by atoms with Gasteiger partial charge in [0.15, 0.2) is 23.3 Å². The predicted molar refractivity (Wildman–Crippen MR) is 116 cm³/mol. The summed E-state index contributed by atoms with van der Waals surface area (Å²) in [6.45, 7) is 1.83. The lowest BCUT2D eigenvalue weighted by atomic mass is 9.92. The quantitative estimate of drug-likeness (QED) is 0.474. The van der Waals surface area contributed by atoms with E-state index in [9.17, 15) is 9.18 Å². The molecule has 9 nitrogen and oxygen atoms in total. The van der Waals surface area contributed by atoms with Gasteiger partial charge in [-0.2, -0.15) is 5.10 Å². The summed E-state index contributed by atoms with van der Waals surface area (Å²) < 4.78 is 35.7. The minimum absolute atomic E-state index is 0.0359. The molecule has 32 heavy (non-hydrogen) atoms. The van der Waals surface area contributed by atoms with Gasteiger partial charge in [0.1, 0.15) is 5.82 Å². The Labute approximate surface area is 191 Å². The molecule has 0 spiro atoms. The second kappa shape index (κ2) is 9.03. The van der Waals surface area contributed by atoms with Crippen LogP contribution in [0.25, 0.3) is 0 Å². The molecule has 2 aromatic carbocycles. The highest BCUT2D eigenvalue weighted by molar-refractivity contribution is 9.10. The number of methoxy groups -OCH3 is 2. The second-order valence-electron chi connectivity index (χ2n) is 6.90. The summed E-state index contributed by atoms with van der Waals surface area (Å²) >= 11 is 3.53. The third-order valence-corrected chi connectivity index (χ3v) is 5.82. The van der Waals surface area contributed by atoms with Crippen molar-refractivity contribution in [2.75, 3.05) is 21.0 Å². The van der Waals surface area contributed by atoms with E-state index in [1.165, 1.54) is 44.7 Å². The van der Waals surface area contributed by atoms with Gasteiger partial charge in [-0.3, -0.25) is 4.79 Å². The van der Waals surface area contributed by atoms with Crippen molar-refractivity contribution in [1.82, 2.24) is 5.43 Å². The topological polar surface area (TPSA) is 100.0 Å². The van der Waals surface area contributed by atoms with Crippen molar-refractivity contribution in [3.8, 4) is 23.0 Å². The number of nitrogens with one attached hydrogen (secondary N) is 1. The summed E-state index contributed by atoms with van der Waals surface area (Å²) in [4.78, 5) is 18.2. The minimum atomic E-state index is -0.662. The Morgan fingerprint density at radius 1 is 1.22 bits per heavy atom. The molecule has 1 N–H and O–H groups in total. The summed E-state index contributed by atoms with van der Waals surface area (Å²) in [5, 5.41) is 7.87. The summed E-state index contributed by atoms with van der Waals surface area (Å²) in [5.41, 5.74) is 3.76. The lowest BCUT2D eigenvalue weighted by Crippen LogP contribution is -2.31. The fourth-order valence-corrected chi connectivity index (χ4v) is 4.15. The van der Waals surface area contributed by atoms with E-state index < -0.39 is 17.9 Å². The smallest absolute Gasteiger partial charge is 0.289 e. The van der Waals surface area contributed by atoms with Crippen LogP contribution in [0.4, 0.5) is 4.39 Å². The van der Waals surface area contributed by atoms with E-state index in [1.54, 1.807) is 6.92 Å². The fourth-order valence-electron chi connectivity index (χ4n) is 3.45. The maximum Gasteiger partial charge on any atom is 0.289 e. The number of ether oxygens (including phenoxy) is 4. The molecule has 2 atom stereocenters. The molecule has 0 bridgehead atoms. The third-order valence-electron chi connectivity index (χ3n) is 5.03. The second-order valence-corrected chi connectivity index (χ2v) is 7.69. The normalized spacial score (nSPS) is 19.0. The van der Waals surface area contributed by atoms with Crippen molar-refractivity contribution >= 4 is 33.8 Å². The van der Waals surface area contributed by atoms with Gasteiger partial charge in [-0.25, -0.2) is 9.82 Å². The van der Waals surface area contributed by atoms with Gasteiger partial charge in [0.25, 0.3) is 5.91 Å². The van der Waals surface area contributed by atoms with Gasteiger partial charge < -0.3 is 23.8 Å². The Hall–Kier alpha value is -3.34. The fraction of sp³-hybridized carbons (Fsp3) is 0.286. The minimum Gasteiger partial charge on any atom is -0.492 e. The average molecular weight is 508 g/mol. The number of rotatable bonds is 6. The lowest BCUT2D eigenvalue weighted by molar-refractivity contribution is -0.115. The zero-order valence-electron chi connectivity index (χ0n) is 17.3. The molecule has 0 aromatic heterocycles. The number of nitrogens with zero attached hydrogens (tertiary/aromatic N) is 2. The van der Waals surface area contributed by atoms with Crippen LogP contribution in [0.2, 0.25) is 0 Å². The highest BCUT2D eigenvalue weighted by Crippen LogP contribution is 2.57. The maximum atomic E-state index is 13.0. The predicted octanol–water partition coefficient (Wildman–Crippen LogP) is 3.55. The first kappa shape index (κ1) is 21.9. The van der Waals surface area contributed by atoms with Gasteiger partial charge in [-0.1, -0.05) is 24.2 Å². The van der Waals surface area contributed by atoms with Crippen LogP contribution in [-0.4, -0.2) is 38.8 Å². The number of hydrazone groups is 1. The molecule has 2 aromatic rings. The van der Waals surface area contributed by atoms with E-state index >= 15 is 0 Å². The Morgan fingerprint density at radius 3 is 2.59 bits per heavy atom. The average Bonchev–Trinajstić information content (AvgIpc) is 3.42. The maximum absolute atomic E-state index is 13.0. The van der Waals surface area contributed by atoms with Gasteiger partial charge in [-0.15, -0.1) is 0 Å². The van der Waals surface area contributed by atoms with Crippen LogP contribution in [-0.2, 0) is 9.63 Å². The molecule has 0 fully saturated rings. The van der Waals surface area contributed by atoms with Crippen molar-refractivity contribution in [3.63, 3.8) is 0 Å². The summed E-state index contributed by atoms with van der Waals surface area (Å²) in [7, 11) is 2.99. The molecule has 2 heterocycles. The molecule has 168 valence electrons. The van der Waals surface area contributed by atoms with Crippen LogP contribution >= 0.6 is 15.9 Å². The van der Waals surface area contributed by atoms with E-state index in [1.807, 2.05) is 0 Å². The number of hydrogen-bond donors (Lipinski definition) is 1. The number of benzene rings is 2. The molecule has 0 aliphatic carbocycles. The van der Waals surface area contributed by atoms with E-state index in [0.29, 0.717) is 38.6 Å². The van der Waals surface area contributed by atoms with Gasteiger partial charge >= 0.3 is 0 Å². The van der Waals surface area contributed by atoms with Crippen LogP contribution in [0.5, 0.6) is 23.0 Å². The first-order valence-electron chi connectivity index (χ1n) is 9.51. The zero-order valence-corrected chi connectivity index (χ0v) is 18.9. The van der Waals surface area contributed by atoms with Crippen LogP contribution in [0, 0.1) is 11.7 Å². The van der Waals surface area contributed by atoms with E-state index in [-0.39, 0.29) is 18.3 Å². The number of carbonyl (C=O) groups is 1. The number of amides is 1. The van der Waals surface area contributed by atoms with Gasteiger partial charge in [0.2, 0.25) is 18.3 Å². The van der Waals surface area contributed by atoms with E-state index in [4.69, 9.17) is 23.8 Å². The number of hydrogen-bond acceptors (Lipinski definition) is 8. The molecule has 4 rings (SSSR count). The van der Waals surface area contributed by atoms with Crippen molar-refractivity contribution in [3.05, 3.63) is 45.7 Å². The third kappa shape index (κ3) is 3.83. The number of carbonyl (C=O) groups excluding carboxylic acids is 1. The summed E-state index contributed by atoms with van der Waals surface area (Å²) in [6, 6.07) is 5.68. The molecule has 11 heteroatoms. The van der Waals surface area contributed by atoms with E-state index in [2.05, 4.69) is 31.6 Å². The first-order valence-corrected chi connectivity index (χ1v) is 10.3. The molecule has 0 radical (unpaired) electrons.